The average molecular weight is 285 g/mol. The van der Waals surface area contributed by atoms with Crippen molar-refractivity contribution in [2.24, 2.45) is 0 Å². The van der Waals surface area contributed by atoms with Gasteiger partial charge in [-0.2, -0.15) is 0 Å². The molecule has 2 rings (SSSR count). The van der Waals surface area contributed by atoms with Crippen LogP contribution >= 0.6 is 11.8 Å². The minimum atomic E-state index is 0.514. The summed E-state index contributed by atoms with van der Waals surface area (Å²) < 4.78 is 0. The van der Waals surface area contributed by atoms with Gasteiger partial charge in [0.15, 0.2) is 0 Å². The molecule has 0 aliphatic carbocycles. The van der Waals surface area contributed by atoms with Crippen LogP contribution < -0.4 is 0 Å². The quantitative estimate of drug-likeness (QED) is 0.703. The summed E-state index contributed by atoms with van der Waals surface area (Å²) in [4.78, 5) is 3.65. The summed E-state index contributed by atoms with van der Waals surface area (Å²) in [7, 11) is 4.28. The molecule has 0 radical (unpaired) electrons. The van der Waals surface area contributed by atoms with Crippen LogP contribution in [0.3, 0.4) is 0 Å². The van der Waals surface area contributed by atoms with Gasteiger partial charge in [-0.3, -0.25) is 0 Å². The fourth-order valence-electron chi connectivity index (χ4n) is 2.18. The maximum atomic E-state index is 2.26. The largest absolute Gasteiger partial charge is 0.309 e. The van der Waals surface area contributed by atoms with E-state index in [1.54, 1.807) is 0 Å². The van der Waals surface area contributed by atoms with Crippen LogP contribution in [0, 0.1) is 6.92 Å². The van der Waals surface area contributed by atoms with Gasteiger partial charge in [0.25, 0.3) is 0 Å². The second-order valence-electron chi connectivity index (χ2n) is 5.37. The van der Waals surface area contributed by atoms with Crippen molar-refractivity contribution < 1.29 is 0 Å². The van der Waals surface area contributed by atoms with Crippen molar-refractivity contribution in [2.75, 3.05) is 20.6 Å². The molecule has 0 unspecified atom stereocenters. The smallest absolute Gasteiger partial charge is 0.0356 e. The van der Waals surface area contributed by atoms with Gasteiger partial charge in [0, 0.05) is 10.1 Å². The Morgan fingerprint density at radius 2 is 1.60 bits per heavy atom. The van der Waals surface area contributed by atoms with Gasteiger partial charge < -0.3 is 4.90 Å². The second kappa shape index (κ2) is 7.51. The van der Waals surface area contributed by atoms with Crippen LogP contribution in [-0.2, 0) is 0 Å². The van der Waals surface area contributed by atoms with E-state index in [2.05, 4.69) is 80.5 Å². The maximum absolute atomic E-state index is 2.26. The lowest BCUT2D eigenvalue weighted by Crippen LogP contribution is -2.15. The number of nitrogens with zero attached hydrogens (tertiary/aromatic N) is 1. The fourth-order valence-corrected chi connectivity index (χ4v) is 3.41. The molecule has 106 valence electrons. The van der Waals surface area contributed by atoms with Crippen molar-refractivity contribution in [3.05, 3.63) is 65.7 Å². The van der Waals surface area contributed by atoms with Crippen molar-refractivity contribution in [1.82, 2.24) is 4.90 Å². The summed E-state index contributed by atoms with van der Waals surface area (Å²) in [5.41, 5.74) is 2.78. The van der Waals surface area contributed by atoms with Crippen molar-refractivity contribution in [2.45, 2.75) is 23.5 Å². The van der Waals surface area contributed by atoms with Gasteiger partial charge in [-0.05, 0) is 51.2 Å². The molecule has 0 amide bonds. The molecule has 0 N–H and O–H groups in total. The number of rotatable bonds is 6. The summed E-state index contributed by atoms with van der Waals surface area (Å²) >= 11 is 1.98. The minimum Gasteiger partial charge on any atom is -0.309 e. The van der Waals surface area contributed by atoms with E-state index >= 15 is 0 Å². The third kappa shape index (κ3) is 4.39. The predicted octanol–water partition coefficient (Wildman–Crippen LogP) is 4.78. The summed E-state index contributed by atoms with van der Waals surface area (Å²) in [5, 5.41) is 0.514. The Kier molecular flexibility index (Phi) is 5.69. The first kappa shape index (κ1) is 15.1. The molecule has 0 aromatic heterocycles. The number of benzene rings is 2. The van der Waals surface area contributed by atoms with Crippen LogP contribution in [0.2, 0.25) is 0 Å². The Balaban J connectivity index is 2.16. The van der Waals surface area contributed by atoms with Crippen LogP contribution in [0.25, 0.3) is 0 Å². The van der Waals surface area contributed by atoms with Gasteiger partial charge in [-0.25, -0.2) is 0 Å². The first-order valence-electron chi connectivity index (χ1n) is 7.09. The molecule has 0 bridgehead atoms. The van der Waals surface area contributed by atoms with Gasteiger partial charge in [-0.15, -0.1) is 11.8 Å². The van der Waals surface area contributed by atoms with Crippen molar-refractivity contribution in [3.8, 4) is 0 Å². The first-order valence-corrected chi connectivity index (χ1v) is 7.97. The average Bonchev–Trinajstić information content (AvgIpc) is 2.46. The zero-order chi connectivity index (χ0) is 14.4. The monoisotopic (exact) mass is 285 g/mol. The van der Waals surface area contributed by atoms with Crippen LogP contribution in [0.1, 0.15) is 22.8 Å². The van der Waals surface area contributed by atoms with E-state index in [1.807, 2.05) is 11.8 Å². The highest BCUT2D eigenvalue weighted by Gasteiger charge is 2.14. The summed E-state index contributed by atoms with van der Waals surface area (Å²) in [6, 6.07) is 19.5. The Bertz CT molecular complexity index is 522. The summed E-state index contributed by atoms with van der Waals surface area (Å²) in [6.45, 7) is 3.30. The molecular weight excluding hydrogens is 262 g/mol. The van der Waals surface area contributed by atoms with E-state index < -0.39 is 0 Å². The van der Waals surface area contributed by atoms with E-state index in [0.29, 0.717) is 5.25 Å². The topological polar surface area (TPSA) is 3.24 Å². The third-order valence-corrected chi connectivity index (χ3v) is 4.88. The lowest BCUT2D eigenvalue weighted by atomic mass is 10.1. The van der Waals surface area contributed by atoms with Gasteiger partial charge in [0.1, 0.15) is 0 Å². The molecule has 1 nitrogen and oxygen atoms in total. The molecular formula is C18H23NS. The van der Waals surface area contributed by atoms with Gasteiger partial charge in [0.05, 0.1) is 0 Å². The molecule has 0 aliphatic rings. The number of hydrogen-bond acceptors (Lipinski definition) is 2. The predicted molar refractivity (Wildman–Crippen MR) is 89.4 cm³/mol. The van der Waals surface area contributed by atoms with Crippen molar-refractivity contribution in [3.63, 3.8) is 0 Å². The maximum Gasteiger partial charge on any atom is 0.0356 e. The molecule has 0 heterocycles. The third-order valence-electron chi connectivity index (χ3n) is 3.37. The van der Waals surface area contributed by atoms with Gasteiger partial charge in [0.2, 0.25) is 0 Å². The molecule has 0 fully saturated rings. The van der Waals surface area contributed by atoms with E-state index in [4.69, 9.17) is 0 Å². The summed E-state index contributed by atoms with van der Waals surface area (Å²) in [6.07, 6.45) is 1.16. The molecule has 0 saturated carbocycles. The van der Waals surface area contributed by atoms with Crippen LogP contribution in [-0.4, -0.2) is 25.5 Å². The zero-order valence-corrected chi connectivity index (χ0v) is 13.4. The lowest BCUT2D eigenvalue weighted by Gasteiger charge is -2.20. The Morgan fingerprint density at radius 3 is 2.25 bits per heavy atom. The number of aryl methyl sites for hydroxylation is 1. The molecule has 0 aliphatic heterocycles. The van der Waals surface area contributed by atoms with E-state index in [0.717, 1.165) is 13.0 Å². The van der Waals surface area contributed by atoms with Crippen molar-refractivity contribution in [1.29, 1.82) is 0 Å². The lowest BCUT2D eigenvalue weighted by molar-refractivity contribution is 0.399. The van der Waals surface area contributed by atoms with Gasteiger partial charge in [-0.1, -0.05) is 48.5 Å². The summed E-state index contributed by atoms with van der Waals surface area (Å²) in [5.74, 6) is 0. The highest BCUT2D eigenvalue weighted by atomic mass is 32.2. The Labute approximate surface area is 127 Å². The van der Waals surface area contributed by atoms with E-state index in [-0.39, 0.29) is 0 Å². The van der Waals surface area contributed by atoms with Crippen LogP contribution in [0.15, 0.2) is 59.5 Å². The van der Waals surface area contributed by atoms with E-state index in [1.165, 1.54) is 16.0 Å². The standard InChI is InChI=1S/C18H23NS/c1-15-9-7-8-12-17(15)20-18(13-14-19(2)3)16-10-5-4-6-11-16/h4-12,18H,13-14H2,1-3H3/t18-/m1/s1. The highest BCUT2D eigenvalue weighted by Crippen LogP contribution is 2.39. The van der Waals surface area contributed by atoms with Crippen LogP contribution in [0.4, 0.5) is 0 Å². The molecule has 20 heavy (non-hydrogen) atoms. The van der Waals surface area contributed by atoms with Crippen molar-refractivity contribution >= 4 is 11.8 Å². The molecule has 0 spiro atoms. The second-order valence-corrected chi connectivity index (χ2v) is 6.62. The fraction of sp³-hybridized carbons (Fsp3) is 0.333. The normalized spacial score (nSPS) is 12.6. The number of hydrogen-bond donors (Lipinski definition) is 0. The minimum absolute atomic E-state index is 0.514. The SMILES string of the molecule is Cc1ccccc1S[C@H](CCN(C)C)c1ccccc1. The highest BCUT2D eigenvalue weighted by molar-refractivity contribution is 7.99. The Hall–Kier alpha value is -1.25. The Morgan fingerprint density at radius 1 is 0.950 bits per heavy atom. The number of thioether (sulfide) groups is 1. The first-order chi connectivity index (χ1) is 9.66. The van der Waals surface area contributed by atoms with E-state index in [9.17, 15) is 0 Å². The molecule has 2 aromatic carbocycles. The van der Waals surface area contributed by atoms with Gasteiger partial charge >= 0.3 is 0 Å². The molecule has 2 aromatic rings. The molecule has 0 saturated heterocycles. The van der Waals surface area contributed by atoms with Crippen LogP contribution in [0.5, 0.6) is 0 Å². The molecule has 2 heteroatoms. The molecule has 1 atom stereocenters. The zero-order valence-electron chi connectivity index (χ0n) is 12.5.